The number of fused-ring (bicyclic) bond motifs is 2. The standard InChI is InChI=1S/C10H17NO/c1-9(2)7-4-5-10(9,3)6-11-8(7)12/h7H,4-6H2,1-3H3,(H,11,12)/t7-,10+/m1/s1. The van der Waals surface area contributed by atoms with Gasteiger partial charge in [0, 0.05) is 12.5 Å². The monoisotopic (exact) mass is 167 g/mol. The number of amides is 1. The molecule has 2 heteroatoms. The molecule has 1 amide bonds. The molecule has 2 nitrogen and oxygen atoms in total. The van der Waals surface area contributed by atoms with Crippen molar-refractivity contribution in [2.24, 2.45) is 16.7 Å². The van der Waals surface area contributed by atoms with Crippen LogP contribution in [0.5, 0.6) is 0 Å². The first-order chi connectivity index (χ1) is 5.47. The van der Waals surface area contributed by atoms with Gasteiger partial charge >= 0.3 is 0 Å². The van der Waals surface area contributed by atoms with Crippen LogP contribution in [0, 0.1) is 16.7 Å². The molecule has 68 valence electrons. The van der Waals surface area contributed by atoms with Gasteiger partial charge in [0.25, 0.3) is 0 Å². The summed E-state index contributed by atoms with van der Waals surface area (Å²) < 4.78 is 0. The molecule has 2 fully saturated rings. The molecule has 1 aliphatic carbocycles. The van der Waals surface area contributed by atoms with Gasteiger partial charge in [-0.15, -0.1) is 0 Å². The summed E-state index contributed by atoms with van der Waals surface area (Å²) in [6.45, 7) is 7.65. The highest BCUT2D eigenvalue weighted by atomic mass is 16.2. The molecule has 0 radical (unpaired) electrons. The molecule has 0 spiro atoms. The molecule has 1 saturated carbocycles. The van der Waals surface area contributed by atoms with E-state index in [-0.39, 0.29) is 17.2 Å². The number of nitrogens with one attached hydrogen (secondary N) is 1. The van der Waals surface area contributed by atoms with Gasteiger partial charge < -0.3 is 5.32 Å². The Morgan fingerprint density at radius 1 is 1.42 bits per heavy atom. The van der Waals surface area contributed by atoms with Crippen LogP contribution >= 0.6 is 0 Å². The summed E-state index contributed by atoms with van der Waals surface area (Å²) in [6.07, 6.45) is 2.28. The number of rotatable bonds is 0. The third-order valence-corrected chi connectivity index (χ3v) is 4.38. The van der Waals surface area contributed by atoms with Gasteiger partial charge in [0.2, 0.25) is 5.91 Å². The molecule has 2 atom stereocenters. The van der Waals surface area contributed by atoms with Crippen LogP contribution in [-0.2, 0) is 4.79 Å². The molecular formula is C10H17NO. The van der Waals surface area contributed by atoms with Gasteiger partial charge in [0.1, 0.15) is 0 Å². The van der Waals surface area contributed by atoms with Crippen molar-refractivity contribution in [1.82, 2.24) is 5.32 Å². The Balaban J connectivity index is 2.40. The van der Waals surface area contributed by atoms with Crippen molar-refractivity contribution in [3.8, 4) is 0 Å². The summed E-state index contributed by atoms with van der Waals surface area (Å²) in [6, 6.07) is 0. The first kappa shape index (κ1) is 8.09. The highest BCUT2D eigenvalue weighted by Gasteiger charge is 2.56. The SMILES string of the molecule is CC1(C)[C@@H]2CC[C@@]1(C)CNC2=O. The number of hydrogen-bond acceptors (Lipinski definition) is 1. The molecule has 12 heavy (non-hydrogen) atoms. The van der Waals surface area contributed by atoms with E-state index in [1.54, 1.807) is 0 Å². The van der Waals surface area contributed by atoms with Gasteiger partial charge in [-0.1, -0.05) is 20.8 Å². The highest BCUT2D eigenvalue weighted by molar-refractivity contribution is 5.81. The molecular weight excluding hydrogens is 150 g/mol. The van der Waals surface area contributed by atoms with E-state index < -0.39 is 0 Å². The van der Waals surface area contributed by atoms with E-state index in [2.05, 4.69) is 26.1 Å². The van der Waals surface area contributed by atoms with E-state index in [9.17, 15) is 4.79 Å². The zero-order chi connectivity index (χ0) is 8.98. The molecule has 0 aromatic heterocycles. The van der Waals surface area contributed by atoms with Crippen LogP contribution < -0.4 is 5.32 Å². The number of carbonyl (C=O) groups is 1. The lowest BCUT2D eigenvalue weighted by molar-refractivity contribution is -0.133. The summed E-state index contributed by atoms with van der Waals surface area (Å²) in [5.74, 6) is 0.534. The number of hydrogen-bond donors (Lipinski definition) is 1. The minimum atomic E-state index is 0.204. The van der Waals surface area contributed by atoms with Crippen molar-refractivity contribution >= 4 is 5.91 Å². The van der Waals surface area contributed by atoms with Crippen LogP contribution in [0.25, 0.3) is 0 Å². The Bertz CT molecular complexity index is 234. The van der Waals surface area contributed by atoms with E-state index in [1.807, 2.05) is 0 Å². The Labute approximate surface area is 73.7 Å². The number of carbonyl (C=O) groups excluding carboxylic acids is 1. The second-order valence-electron chi connectivity index (χ2n) is 5.09. The lowest BCUT2D eigenvalue weighted by Crippen LogP contribution is -2.53. The van der Waals surface area contributed by atoms with Gasteiger partial charge in [0.05, 0.1) is 0 Å². The molecule has 0 aromatic carbocycles. The predicted molar refractivity (Wildman–Crippen MR) is 47.6 cm³/mol. The van der Waals surface area contributed by atoms with Crippen LogP contribution in [0.3, 0.4) is 0 Å². The summed E-state index contributed by atoms with van der Waals surface area (Å²) in [5.41, 5.74) is 0.543. The Kier molecular flexibility index (Phi) is 1.37. The maximum atomic E-state index is 11.5. The molecule has 1 heterocycles. The quantitative estimate of drug-likeness (QED) is 0.583. The van der Waals surface area contributed by atoms with E-state index in [1.165, 1.54) is 6.42 Å². The highest BCUT2D eigenvalue weighted by Crippen LogP contribution is 2.57. The topological polar surface area (TPSA) is 29.1 Å². The third-order valence-electron chi connectivity index (χ3n) is 4.38. The van der Waals surface area contributed by atoms with Crippen molar-refractivity contribution < 1.29 is 4.79 Å². The summed E-state index contributed by atoms with van der Waals surface area (Å²) >= 11 is 0. The molecule has 0 unspecified atom stereocenters. The lowest BCUT2D eigenvalue weighted by Gasteiger charge is -2.45. The van der Waals surface area contributed by atoms with Crippen molar-refractivity contribution in [2.45, 2.75) is 33.6 Å². The summed E-state index contributed by atoms with van der Waals surface area (Å²) in [5, 5.41) is 3.00. The third kappa shape index (κ3) is 0.732. The van der Waals surface area contributed by atoms with E-state index in [4.69, 9.17) is 0 Å². The van der Waals surface area contributed by atoms with Crippen molar-refractivity contribution in [2.75, 3.05) is 6.54 Å². The summed E-state index contributed by atoms with van der Waals surface area (Å²) in [4.78, 5) is 11.5. The molecule has 1 N–H and O–H groups in total. The maximum absolute atomic E-state index is 11.5. The Morgan fingerprint density at radius 3 is 2.67 bits per heavy atom. The van der Waals surface area contributed by atoms with Crippen LogP contribution in [0.15, 0.2) is 0 Å². The van der Waals surface area contributed by atoms with Crippen molar-refractivity contribution in [3.05, 3.63) is 0 Å². The Morgan fingerprint density at radius 2 is 2.08 bits per heavy atom. The van der Waals surface area contributed by atoms with Crippen molar-refractivity contribution in [3.63, 3.8) is 0 Å². The van der Waals surface area contributed by atoms with Gasteiger partial charge in [-0.05, 0) is 23.7 Å². The van der Waals surface area contributed by atoms with E-state index >= 15 is 0 Å². The van der Waals surface area contributed by atoms with Crippen LogP contribution in [-0.4, -0.2) is 12.5 Å². The van der Waals surface area contributed by atoms with Gasteiger partial charge in [0.15, 0.2) is 0 Å². The molecule has 0 aromatic rings. The Hall–Kier alpha value is -0.530. The normalized spacial score (nSPS) is 44.2. The van der Waals surface area contributed by atoms with E-state index in [0.29, 0.717) is 5.41 Å². The lowest BCUT2D eigenvalue weighted by atomic mass is 9.63. The molecule has 2 rings (SSSR count). The second kappa shape index (κ2) is 2.04. The molecule has 1 saturated heterocycles. The molecule has 2 aliphatic rings. The first-order valence-electron chi connectivity index (χ1n) is 4.75. The van der Waals surface area contributed by atoms with Crippen molar-refractivity contribution in [1.29, 1.82) is 0 Å². The fraction of sp³-hybridized carbons (Fsp3) is 0.900. The zero-order valence-electron chi connectivity index (χ0n) is 8.11. The fourth-order valence-corrected chi connectivity index (χ4v) is 2.75. The maximum Gasteiger partial charge on any atom is 0.223 e. The largest absolute Gasteiger partial charge is 0.355 e. The first-order valence-corrected chi connectivity index (χ1v) is 4.75. The van der Waals surface area contributed by atoms with Gasteiger partial charge in [-0.25, -0.2) is 0 Å². The van der Waals surface area contributed by atoms with Gasteiger partial charge in [-0.3, -0.25) is 4.79 Å². The van der Waals surface area contributed by atoms with Crippen LogP contribution in [0.4, 0.5) is 0 Å². The minimum absolute atomic E-state index is 0.204. The minimum Gasteiger partial charge on any atom is -0.355 e. The predicted octanol–water partition coefficient (Wildman–Crippen LogP) is 1.56. The average molecular weight is 167 g/mol. The zero-order valence-corrected chi connectivity index (χ0v) is 8.11. The average Bonchev–Trinajstić information content (AvgIpc) is 2.16. The van der Waals surface area contributed by atoms with Crippen LogP contribution in [0.1, 0.15) is 33.6 Å². The van der Waals surface area contributed by atoms with Gasteiger partial charge in [-0.2, -0.15) is 0 Å². The number of piperidine rings is 1. The summed E-state index contributed by atoms with van der Waals surface area (Å²) in [7, 11) is 0. The van der Waals surface area contributed by atoms with Crippen LogP contribution in [0.2, 0.25) is 0 Å². The smallest absolute Gasteiger partial charge is 0.223 e. The molecule has 1 aliphatic heterocycles. The fourth-order valence-electron chi connectivity index (χ4n) is 2.75. The second-order valence-corrected chi connectivity index (χ2v) is 5.09. The van der Waals surface area contributed by atoms with E-state index in [0.717, 1.165) is 13.0 Å². The molecule has 2 bridgehead atoms.